The van der Waals surface area contributed by atoms with Crippen molar-refractivity contribution in [2.45, 2.75) is 13.1 Å². The highest BCUT2D eigenvalue weighted by Gasteiger charge is 2.21. The van der Waals surface area contributed by atoms with Crippen molar-refractivity contribution in [1.29, 1.82) is 0 Å². The van der Waals surface area contributed by atoms with Crippen molar-refractivity contribution in [3.63, 3.8) is 0 Å². The molecule has 0 spiro atoms. The molecule has 0 aliphatic heterocycles. The fourth-order valence-electron chi connectivity index (χ4n) is 0.260. The van der Waals surface area contributed by atoms with E-state index < -0.39 is 18.6 Å². The van der Waals surface area contributed by atoms with Crippen molar-refractivity contribution in [3.05, 3.63) is 0 Å². The molecule has 0 fully saturated rings. The molecular weight excluding hydrogens is 168 g/mol. The summed E-state index contributed by atoms with van der Waals surface area (Å²) in [5, 5.41) is 0. The molecule has 9 heavy (non-hydrogen) atoms. The molecule has 0 unspecified atom stereocenters. The maximum atomic E-state index is 5.40. The molecule has 0 aliphatic rings. The lowest BCUT2D eigenvalue weighted by Crippen LogP contribution is -2.35. The highest BCUT2D eigenvalue weighted by Crippen LogP contribution is 2.01. The van der Waals surface area contributed by atoms with Gasteiger partial charge in [0.2, 0.25) is 0 Å². The number of hydrogen-bond donors (Lipinski definition) is 0. The molecule has 0 heterocycles. The zero-order valence-corrected chi connectivity index (χ0v) is 10.8. The van der Waals surface area contributed by atoms with Gasteiger partial charge in [-0.05, 0) is 13.1 Å². The van der Waals surface area contributed by atoms with E-state index in [1.807, 2.05) is 13.1 Å². The van der Waals surface area contributed by atoms with Crippen LogP contribution in [0, 0.1) is 0 Å². The Hall–Kier alpha value is 0.531. The SMILES string of the molecule is CO[Si](C)(C)O[SiH2]O[SiH3]. The van der Waals surface area contributed by atoms with Crippen molar-refractivity contribution in [2.75, 3.05) is 7.11 Å². The Labute approximate surface area is 62.6 Å². The predicted octanol–water partition coefficient (Wildman–Crippen LogP) is -1.35. The second kappa shape index (κ2) is 4.36. The molecule has 3 nitrogen and oxygen atoms in total. The summed E-state index contributed by atoms with van der Waals surface area (Å²) in [6.45, 7) is 4.03. The monoisotopic (exact) mass is 182 g/mol. The fraction of sp³-hybridized carbons (Fsp3) is 1.00. The summed E-state index contributed by atoms with van der Waals surface area (Å²) in [5.41, 5.74) is 0. The third kappa shape index (κ3) is 5.00. The third-order valence-electron chi connectivity index (χ3n) is 1.02. The van der Waals surface area contributed by atoms with Gasteiger partial charge >= 0.3 is 8.56 Å². The van der Waals surface area contributed by atoms with Crippen molar-refractivity contribution in [3.8, 4) is 0 Å². The maximum absolute atomic E-state index is 5.40. The van der Waals surface area contributed by atoms with Crippen LogP contribution in [0.2, 0.25) is 13.1 Å². The molecule has 0 N–H and O–H groups in total. The normalized spacial score (nSPS) is 13.7. The Bertz CT molecular complexity index is 76.7. The van der Waals surface area contributed by atoms with Crippen LogP contribution in [0.15, 0.2) is 0 Å². The minimum absolute atomic E-state index is 0.695. The Morgan fingerprint density at radius 2 is 2.00 bits per heavy atom. The van der Waals surface area contributed by atoms with E-state index in [4.69, 9.17) is 12.7 Å². The summed E-state index contributed by atoms with van der Waals surface area (Å²) in [7, 11) is 0.0422. The number of hydrogen-bond acceptors (Lipinski definition) is 3. The van der Waals surface area contributed by atoms with Crippen LogP contribution in [0.25, 0.3) is 0 Å². The van der Waals surface area contributed by atoms with Crippen molar-refractivity contribution in [2.24, 2.45) is 0 Å². The molecule has 0 aliphatic carbocycles. The topological polar surface area (TPSA) is 27.7 Å². The lowest BCUT2D eigenvalue weighted by Gasteiger charge is -2.19. The second-order valence-electron chi connectivity index (χ2n) is 2.15. The van der Waals surface area contributed by atoms with Gasteiger partial charge in [0.05, 0.1) is 0 Å². The van der Waals surface area contributed by atoms with Gasteiger partial charge < -0.3 is 12.7 Å². The van der Waals surface area contributed by atoms with Gasteiger partial charge in [0.25, 0.3) is 10.0 Å². The van der Waals surface area contributed by atoms with Gasteiger partial charge in [-0.3, -0.25) is 0 Å². The molecule has 0 bridgehead atoms. The molecule has 0 aromatic heterocycles. The van der Waals surface area contributed by atoms with Gasteiger partial charge in [-0.25, -0.2) is 0 Å². The van der Waals surface area contributed by atoms with Crippen LogP contribution < -0.4 is 0 Å². The first-order chi connectivity index (χ1) is 4.12. The highest BCUT2D eigenvalue weighted by molar-refractivity contribution is 6.68. The lowest BCUT2D eigenvalue weighted by atomic mass is 11.8. The molecule has 0 aromatic rings. The lowest BCUT2D eigenvalue weighted by molar-refractivity contribution is 0.305. The van der Waals surface area contributed by atoms with Crippen molar-refractivity contribution >= 4 is 29.1 Å². The fourth-order valence-corrected chi connectivity index (χ4v) is 3.40. The average Bonchev–Trinajstić information content (AvgIpc) is 1.84. The smallest absolute Gasteiger partial charge is 0.322 e. The summed E-state index contributed by atoms with van der Waals surface area (Å²) in [5.74, 6) is 0. The van der Waals surface area contributed by atoms with Gasteiger partial charge in [0.1, 0.15) is 10.5 Å². The highest BCUT2D eigenvalue weighted by atomic mass is 28.4. The Morgan fingerprint density at radius 1 is 1.44 bits per heavy atom. The van der Waals surface area contributed by atoms with E-state index in [0.29, 0.717) is 0 Å². The number of rotatable bonds is 4. The minimum atomic E-state index is -1.74. The zero-order chi connectivity index (χ0) is 7.33. The Kier molecular flexibility index (Phi) is 4.62. The van der Waals surface area contributed by atoms with Crippen LogP contribution in [0.3, 0.4) is 0 Å². The molecule has 0 aromatic carbocycles. The largest absolute Gasteiger partial charge is 0.449 e. The van der Waals surface area contributed by atoms with Crippen molar-refractivity contribution in [1.82, 2.24) is 0 Å². The molecule has 0 radical (unpaired) electrons. The van der Waals surface area contributed by atoms with Crippen molar-refractivity contribution < 1.29 is 12.7 Å². The van der Waals surface area contributed by atoms with E-state index in [-0.39, 0.29) is 0 Å². The molecule has 0 rings (SSSR count). The van der Waals surface area contributed by atoms with Crippen LogP contribution in [0.5, 0.6) is 0 Å². The Balaban J connectivity index is 3.33. The summed E-state index contributed by atoms with van der Waals surface area (Å²) in [6.07, 6.45) is 0. The first-order valence-electron chi connectivity index (χ1n) is 2.80. The summed E-state index contributed by atoms with van der Waals surface area (Å²) < 4.78 is 15.5. The van der Waals surface area contributed by atoms with E-state index in [9.17, 15) is 0 Å². The summed E-state index contributed by atoms with van der Waals surface area (Å²) >= 11 is 0. The minimum Gasteiger partial charge on any atom is -0.449 e. The molecule has 0 amide bonds. The molecule has 6 heteroatoms. The maximum Gasteiger partial charge on any atom is 0.322 e. The van der Waals surface area contributed by atoms with Crippen LogP contribution in [0.4, 0.5) is 0 Å². The average molecular weight is 182 g/mol. The molecule has 0 saturated carbocycles. The third-order valence-corrected chi connectivity index (χ3v) is 6.19. The first kappa shape index (κ1) is 9.53. The van der Waals surface area contributed by atoms with E-state index in [1.165, 1.54) is 0 Å². The zero-order valence-electron chi connectivity index (χ0n) is 6.43. The van der Waals surface area contributed by atoms with Crippen LogP contribution in [0.1, 0.15) is 0 Å². The van der Waals surface area contributed by atoms with Gasteiger partial charge in [-0.15, -0.1) is 0 Å². The quantitative estimate of drug-likeness (QED) is 0.503. The molecule has 56 valence electrons. The second-order valence-corrected chi connectivity index (χ2v) is 9.06. The molecule has 0 atom stereocenters. The standard InChI is InChI=1S/C3H14O3Si3/c1-4-9(2,3)6-8-5-7/h8H2,1-3,7H3. The predicted molar refractivity (Wildman–Crippen MR) is 45.1 cm³/mol. The van der Waals surface area contributed by atoms with E-state index >= 15 is 0 Å². The molecule has 0 saturated heterocycles. The summed E-state index contributed by atoms with van der Waals surface area (Å²) in [4.78, 5) is 0. The van der Waals surface area contributed by atoms with Gasteiger partial charge in [-0.2, -0.15) is 0 Å². The molecular formula is C3H14O3Si3. The van der Waals surface area contributed by atoms with Crippen LogP contribution in [-0.2, 0) is 12.7 Å². The van der Waals surface area contributed by atoms with Crippen LogP contribution >= 0.6 is 0 Å². The van der Waals surface area contributed by atoms with E-state index in [2.05, 4.69) is 0 Å². The first-order valence-corrected chi connectivity index (χ1v) is 7.59. The van der Waals surface area contributed by atoms with Gasteiger partial charge in [0.15, 0.2) is 0 Å². The van der Waals surface area contributed by atoms with E-state index in [0.717, 1.165) is 10.5 Å². The summed E-state index contributed by atoms with van der Waals surface area (Å²) in [6, 6.07) is 0. The van der Waals surface area contributed by atoms with Crippen LogP contribution in [-0.4, -0.2) is 36.2 Å². The van der Waals surface area contributed by atoms with Gasteiger partial charge in [-0.1, -0.05) is 0 Å². The Morgan fingerprint density at radius 3 is 2.33 bits per heavy atom. The van der Waals surface area contributed by atoms with E-state index in [1.54, 1.807) is 7.11 Å². The van der Waals surface area contributed by atoms with Gasteiger partial charge in [0, 0.05) is 7.11 Å².